The van der Waals surface area contributed by atoms with E-state index in [1.54, 1.807) is 17.0 Å². The second-order valence-corrected chi connectivity index (χ2v) is 10.0. The summed E-state index contributed by atoms with van der Waals surface area (Å²) in [4.78, 5) is 19.6. The summed E-state index contributed by atoms with van der Waals surface area (Å²) < 4.78 is 18.9. The fourth-order valence-electron chi connectivity index (χ4n) is 4.63. The number of amides is 1. The number of hydrogen-bond donors (Lipinski definition) is 1. The first-order valence-corrected chi connectivity index (χ1v) is 10.7. The summed E-state index contributed by atoms with van der Waals surface area (Å²) in [5.41, 5.74) is 2.99. The molecule has 2 fully saturated rings. The van der Waals surface area contributed by atoms with Gasteiger partial charge in [0.05, 0.1) is 22.6 Å². The molecule has 0 bridgehead atoms. The maximum absolute atomic E-state index is 13.3. The van der Waals surface area contributed by atoms with Gasteiger partial charge in [-0.05, 0) is 81.8 Å². The van der Waals surface area contributed by atoms with Gasteiger partial charge in [0.2, 0.25) is 0 Å². The van der Waals surface area contributed by atoms with Gasteiger partial charge >= 0.3 is 6.09 Å². The van der Waals surface area contributed by atoms with Crippen LogP contribution in [0, 0.1) is 17.7 Å². The SMILES string of the molecule is CC1CC1(Nc1ccc(F)cc1)c1ccc2c(n1)C1CC1CN2C(=O)OC(C)(C)C. The van der Waals surface area contributed by atoms with Crippen LogP contribution in [0.5, 0.6) is 0 Å². The molecule has 30 heavy (non-hydrogen) atoms. The number of carbonyl (C=O) groups is 1. The zero-order valence-electron chi connectivity index (χ0n) is 17.9. The topological polar surface area (TPSA) is 54.5 Å². The maximum Gasteiger partial charge on any atom is 0.414 e. The van der Waals surface area contributed by atoms with E-state index in [4.69, 9.17) is 9.72 Å². The van der Waals surface area contributed by atoms with Gasteiger partial charge < -0.3 is 10.1 Å². The summed E-state index contributed by atoms with van der Waals surface area (Å²) in [6, 6.07) is 10.5. The molecule has 1 aromatic carbocycles. The smallest absolute Gasteiger partial charge is 0.414 e. The third-order valence-electron chi connectivity index (χ3n) is 6.48. The first-order chi connectivity index (χ1) is 14.2. The summed E-state index contributed by atoms with van der Waals surface area (Å²) in [5.74, 6) is 1.07. The van der Waals surface area contributed by atoms with Crippen molar-refractivity contribution in [2.45, 2.75) is 57.6 Å². The van der Waals surface area contributed by atoms with Gasteiger partial charge in [0.15, 0.2) is 0 Å². The van der Waals surface area contributed by atoms with Gasteiger partial charge in [0, 0.05) is 18.2 Å². The Bertz CT molecular complexity index is 1000. The molecule has 3 aliphatic rings. The molecule has 1 N–H and O–H groups in total. The zero-order chi connectivity index (χ0) is 21.3. The standard InChI is InChI=1S/C24H28FN3O2/c1-14-12-24(14,27-17-7-5-16(25)6-8-17)20-10-9-19-21(26-20)18-11-15(18)13-28(19)22(29)30-23(2,3)4/h5-10,14-15,18,27H,11-13H2,1-4H3. The van der Waals surface area contributed by atoms with Crippen molar-refractivity contribution in [3.63, 3.8) is 0 Å². The van der Waals surface area contributed by atoms with E-state index in [1.807, 2.05) is 32.9 Å². The number of benzene rings is 1. The highest BCUT2D eigenvalue weighted by Gasteiger charge is 2.55. The number of fused-ring (bicyclic) bond motifs is 3. The van der Waals surface area contributed by atoms with Crippen LogP contribution in [-0.4, -0.2) is 23.2 Å². The lowest BCUT2D eigenvalue weighted by Crippen LogP contribution is -2.40. The Morgan fingerprint density at radius 1 is 1.23 bits per heavy atom. The molecule has 2 heterocycles. The summed E-state index contributed by atoms with van der Waals surface area (Å²) in [6.07, 6.45) is 1.74. The average molecular weight is 410 g/mol. The van der Waals surface area contributed by atoms with Crippen LogP contribution in [0.1, 0.15) is 57.8 Å². The van der Waals surface area contributed by atoms with Crippen molar-refractivity contribution >= 4 is 17.5 Å². The molecule has 158 valence electrons. The number of aromatic nitrogens is 1. The molecule has 0 spiro atoms. The van der Waals surface area contributed by atoms with Gasteiger partial charge in [-0.1, -0.05) is 6.92 Å². The van der Waals surface area contributed by atoms with E-state index in [0.717, 1.165) is 35.6 Å². The van der Waals surface area contributed by atoms with Gasteiger partial charge in [-0.3, -0.25) is 9.88 Å². The van der Waals surface area contributed by atoms with Gasteiger partial charge in [0.25, 0.3) is 0 Å². The molecular weight excluding hydrogens is 381 g/mol. The van der Waals surface area contributed by atoms with Gasteiger partial charge in [0.1, 0.15) is 11.4 Å². The number of nitrogens with zero attached hydrogens (tertiary/aromatic N) is 2. The minimum atomic E-state index is -0.530. The first kappa shape index (κ1) is 19.3. The summed E-state index contributed by atoms with van der Waals surface area (Å²) in [5, 5.41) is 3.59. The van der Waals surface area contributed by atoms with Crippen molar-refractivity contribution in [2.24, 2.45) is 11.8 Å². The Labute approximate surface area is 176 Å². The number of pyridine rings is 1. The lowest BCUT2D eigenvalue weighted by molar-refractivity contribution is 0.0576. The van der Waals surface area contributed by atoms with Crippen molar-refractivity contribution in [2.75, 3.05) is 16.8 Å². The van der Waals surface area contributed by atoms with Crippen LogP contribution >= 0.6 is 0 Å². The van der Waals surface area contributed by atoms with Crippen molar-refractivity contribution in [3.05, 3.63) is 53.6 Å². The van der Waals surface area contributed by atoms with Crippen molar-refractivity contribution in [1.29, 1.82) is 0 Å². The number of halogens is 1. The van der Waals surface area contributed by atoms with Crippen molar-refractivity contribution in [3.8, 4) is 0 Å². The second kappa shape index (κ2) is 6.43. The molecule has 4 atom stereocenters. The van der Waals surface area contributed by atoms with Gasteiger partial charge in [-0.15, -0.1) is 0 Å². The largest absolute Gasteiger partial charge is 0.443 e. The number of hydrogen-bond acceptors (Lipinski definition) is 4. The van der Waals surface area contributed by atoms with Crippen molar-refractivity contribution < 1.29 is 13.9 Å². The lowest BCUT2D eigenvalue weighted by Gasteiger charge is -2.31. The van der Waals surface area contributed by atoms with Gasteiger partial charge in [-0.2, -0.15) is 0 Å². The molecule has 1 aliphatic heterocycles. The van der Waals surface area contributed by atoms with Crippen LogP contribution in [-0.2, 0) is 10.3 Å². The monoisotopic (exact) mass is 409 g/mol. The number of nitrogens with one attached hydrogen (secondary N) is 1. The minimum absolute atomic E-state index is 0.243. The average Bonchev–Trinajstić information content (AvgIpc) is 3.58. The Morgan fingerprint density at radius 3 is 2.57 bits per heavy atom. The molecule has 0 saturated heterocycles. The third-order valence-corrected chi connectivity index (χ3v) is 6.48. The Balaban J connectivity index is 1.45. The summed E-state index contributed by atoms with van der Waals surface area (Å²) >= 11 is 0. The Hall–Kier alpha value is -2.63. The molecule has 1 aromatic heterocycles. The van der Waals surface area contributed by atoms with E-state index >= 15 is 0 Å². The number of ether oxygens (including phenoxy) is 1. The number of rotatable bonds is 3. The normalized spacial score (nSPS) is 29.0. The summed E-state index contributed by atoms with van der Waals surface area (Å²) in [6.45, 7) is 8.55. The van der Waals surface area contributed by atoms with Crippen molar-refractivity contribution in [1.82, 2.24) is 4.98 Å². The molecule has 4 unspecified atom stereocenters. The zero-order valence-corrected chi connectivity index (χ0v) is 17.9. The third kappa shape index (κ3) is 3.32. The van der Waals surface area contributed by atoms with Crippen LogP contribution in [0.25, 0.3) is 0 Å². The molecule has 2 aliphatic carbocycles. The van der Waals surface area contributed by atoms with E-state index in [1.165, 1.54) is 12.1 Å². The molecule has 1 amide bonds. The van der Waals surface area contributed by atoms with E-state index in [0.29, 0.717) is 24.3 Å². The van der Waals surface area contributed by atoms with Crippen LogP contribution in [0.3, 0.4) is 0 Å². The molecule has 5 rings (SSSR count). The van der Waals surface area contributed by atoms with Crippen LogP contribution in [0.15, 0.2) is 36.4 Å². The highest BCUT2D eigenvalue weighted by molar-refractivity contribution is 5.90. The number of carbonyl (C=O) groups excluding carboxylic acids is 1. The van der Waals surface area contributed by atoms with E-state index in [-0.39, 0.29) is 17.4 Å². The quantitative estimate of drug-likeness (QED) is 0.735. The summed E-state index contributed by atoms with van der Waals surface area (Å²) in [7, 11) is 0. The van der Waals surface area contributed by atoms with Crippen LogP contribution in [0.4, 0.5) is 20.6 Å². The fourth-order valence-corrected chi connectivity index (χ4v) is 4.63. The predicted octanol–water partition coefficient (Wildman–Crippen LogP) is 5.43. The molecular formula is C24H28FN3O2. The van der Waals surface area contributed by atoms with Crippen LogP contribution < -0.4 is 10.2 Å². The molecule has 5 nitrogen and oxygen atoms in total. The molecule has 2 saturated carbocycles. The number of anilines is 2. The molecule has 0 radical (unpaired) electrons. The Morgan fingerprint density at radius 2 is 1.93 bits per heavy atom. The lowest BCUT2D eigenvalue weighted by atomic mass is 10.0. The maximum atomic E-state index is 13.3. The Kier molecular flexibility index (Phi) is 4.15. The van der Waals surface area contributed by atoms with E-state index in [2.05, 4.69) is 12.2 Å². The molecule has 2 aromatic rings. The first-order valence-electron chi connectivity index (χ1n) is 10.7. The van der Waals surface area contributed by atoms with E-state index in [9.17, 15) is 9.18 Å². The second-order valence-electron chi connectivity index (χ2n) is 10.0. The molecule has 6 heteroatoms. The fraction of sp³-hybridized carbons (Fsp3) is 0.500. The minimum Gasteiger partial charge on any atom is -0.443 e. The highest BCUT2D eigenvalue weighted by Crippen LogP contribution is 2.57. The van der Waals surface area contributed by atoms with Gasteiger partial charge in [-0.25, -0.2) is 9.18 Å². The van der Waals surface area contributed by atoms with Crippen LogP contribution in [0.2, 0.25) is 0 Å². The van der Waals surface area contributed by atoms with E-state index < -0.39 is 5.60 Å². The predicted molar refractivity (Wildman–Crippen MR) is 114 cm³/mol. The highest BCUT2D eigenvalue weighted by atomic mass is 19.1.